The summed E-state index contributed by atoms with van der Waals surface area (Å²) in [7, 11) is 0. The molecule has 3 aromatic rings. The molecule has 0 saturated carbocycles. The number of rotatable bonds is 7. The van der Waals surface area contributed by atoms with Crippen molar-refractivity contribution in [3.8, 4) is 0 Å². The molecule has 0 saturated heterocycles. The summed E-state index contributed by atoms with van der Waals surface area (Å²) in [6.45, 7) is 3.72. The first-order valence-corrected chi connectivity index (χ1v) is 9.44. The predicted octanol–water partition coefficient (Wildman–Crippen LogP) is 2.98. The molecule has 1 heterocycles. The van der Waals surface area contributed by atoms with Gasteiger partial charge in [-0.1, -0.05) is 62.4 Å². The van der Waals surface area contributed by atoms with E-state index in [2.05, 4.69) is 29.4 Å². The maximum atomic E-state index is 12.4. The molecule has 7 heteroatoms. The summed E-state index contributed by atoms with van der Waals surface area (Å²) in [4.78, 5) is 36.6. The molecule has 0 aliphatic heterocycles. The second kappa shape index (κ2) is 9.14. The molecule has 0 spiro atoms. The standard InChI is InChI=1S/C22H23N3O4/c1-14(2)12-18(15-8-4-3-5-9-15)23-19(26)13-29-22(28)20-16-10-6-7-11-17(16)21(27)25-24-20/h3-11,14,18H,12-13H2,1-2H3,(H,23,26)(H,25,27)/t18-/m1/s1. The lowest BCUT2D eigenvalue weighted by atomic mass is 9.97. The zero-order valence-corrected chi connectivity index (χ0v) is 16.3. The number of carbonyl (C=O) groups is 2. The van der Waals surface area contributed by atoms with E-state index in [9.17, 15) is 14.4 Å². The van der Waals surface area contributed by atoms with Gasteiger partial charge in [-0.15, -0.1) is 0 Å². The van der Waals surface area contributed by atoms with Crippen LogP contribution in [0.5, 0.6) is 0 Å². The average molecular weight is 393 g/mol. The topological polar surface area (TPSA) is 101 Å². The number of amides is 1. The highest BCUT2D eigenvalue weighted by molar-refractivity contribution is 6.02. The number of benzene rings is 2. The highest BCUT2D eigenvalue weighted by Gasteiger charge is 2.19. The highest BCUT2D eigenvalue weighted by atomic mass is 16.5. The van der Waals surface area contributed by atoms with Crippen molar-refractivity contribution >= 4 is 22.6 Å². The minimum absolute atomic E-state index is 0.0326. The molecule has 2 N–H and O–H groups in total. The molecule has 3 rings (SSSR count). The Balaban J connectivity index is 1.68. The lowest BCUT2D eigenvalue weighted by Crippen LogP contribution is -2.33. The van der Waals surface area contributed by atoms with Gasteiger partial charge in [0.25, 0.3) is 11.5 Å². The molecule has 0 aliphatic carbocycles. The Morgan fingerprint density at radius 3 is 2.38 bits per heavy atom. The Kier molecular flexibility index (Phi) is 6.39. The number of aromatic nitrogens is 2. The van der Waals surface area contributed by atoms with E-state index in [1.54, 1.807) is 24.3 Å². The molecule has 0 fully saturated rings. The summed E-state index contributed by atoms with van der Waals surface area (Å²) in [6.07, 6.45) is 0.760. The van der Waals surface area contributed by atoms with Crippen LogP contribution in [0.15, 0.2) is 59.4 Å². The summed E-state index contributed by atoms with van der Waals surface area (Å²) in [5.74, 6) is -0.797. The maximum absolute atomic E-state index is 12.4. The number of ether oxygens (including phenoxy) is 1. The molecule has 0 unspecified atom stereocenters. The normalized spacial score (nSPS) is 12.0. The molecule has 2 aromatic carbocycles. The van der Waals surface area contributed by atoms with Crippen LogP contribution in [0.2, 0.25) is 0 Å². The number of nitrogens with zero attached hydrogens (tertiary/aromatic N) is 1. The van der Waals surface area contributed by atoms with Crippen molar-refractivity contribution in [2.75, 3.05) is 6.61 Å². The van der Waals surface area contributed by atoms with Crippen molar-refractivity contribution in [2.24, 2.45) is 5.92 Å². The molecule has 1 aromatic heterocycles. The molecular formula is C22H23N3O4. The van der Waals surface area contributed by atoms with Crippen LogP contribution in [0.4, 0.5) is 0 Å². The van der Waals surface area contributed by atoms with E-state index in [0.717, 1.165) is 12.0 Å². The van der Waals surface area contributed by atoms with Gasteiger partial charge in [0, 0.05) is 5.39 Å². The largest absolute Gasteiger partial charge is 0.451 e. The van der Waals surface area contributed by atoms with E-state index in [-0.39, 0.29) is 11.7 Å². The fraction of sp³-hybridized carbons (Fsp3) is 0.273. The Morgan fingerprint density at radius 1 is 1.03 bits per heavy atom. The van der Waals surface area contributed by atoms with E-state index in [0.29, 0.717) is 16.7 Å². The molecule has 0 aliphatic rings. The third-order valence-electron chi connectivity index (χ3n) is 4.47. The van der Waals surface area contributed by atoms with Crippen molar-refractivity contribution in [1.29, 1.82) is 0 Å². The molecule has 7 nitrogen and oxygen atoms in total. The molecule has 29 heavy (non-hydrogen) atoms. The van der Waals surface area contributed by atoms with Gasteiger partial charge in [0.2, 0.25) is 0 Å². The van der Waals surface area contributed by atoms with Gasteiger partial charge in [-0.2, -0.15) is 5.10 Å². The number of hydrogen-bond acceptors (Lipinski definition) is 5. The summed E-state index contributed by atoms with van der Waals surface area (Å²) >= 11 is 0. The van der Waals surface area contributed by atoms with Crippen molar-refractivity contribution in [3.63, 3.8) is 0 Å². The SMILES string of the molecule is CC(C)C[C@@H](NC(=O)COC(=O)c1n[nH]c(=O)c2ccccc12)c1ccccc1. The fourth-order valence-electron chi connectivity index (χ4n) is 3.14. The molecule has 0 bridgehead atoms. The first kappa shape index (κ1) is 20.3. The number of nitrogens with one attached hydrogen (secondary N) is 2. The number of H-pyrrole nitrogens is 1. The Hall–Kier alpha value is -3.48. The monoisotopic (exact) mass is 393 g/mol. The summed E-state index contributed by atoms with van der Waals surface area (Å²) in [6, 6.07) is 16.1. The number of esters is 1. The van der Waals surface area contributed by atoms with Crippen LogP contribution in [0.3, 0.4) is 0 Å². The van der Waals surface area contributed by atoms with E-state index in [1.807, 2.05) is 30.3 Å². The summed E-state index contributed by atoms with van der Waals surface area (Å²) in [5, 5.41) is 9.70. The first-order chi connectivity index (χ1) is 14.0. The Bertz CT molecular complexity index is 1060. The lowest BCUT2D eigenvalue weighted by molar-refractivity contribution is -0.125. The third kappa shape index (κ3) is 5.07. The van der Waals surface area contributed by atoms with Gasteiger partial charge in [-0.05, 0) is 24.0 Å². The van der Waals surface area contributed by atoms with Crippen molar-refractivity contribution in [2.45, 2.75) is 26.3 Å². The third-order valence-corrected chi connectivity index (χ3v) is 4.47. The molecule has 0 radical (unpaired) electrons. The quantitative estimate of drug-likeness (QED) is 0.601. The van der Waals surface area contributed by atoms with Crippen LogP contribution >= 0.6 is 0 Å². The Morgan fingerprint density at radius 2 is 1.69 bits per heavy atom. The fourth-order valence-corrected chi connectivity index (χ4v) is 3.14. The van der Waals surface area contributed by atoms with Crippen LogP contribution < -0.4 is 10.9 Å². The minimum Gasteiger partial charge on any atom is -0.451 e. The van der Waals surface area contributed by atoms with Gasteiger partial charge < -0.3 is 10.1 Å². The van der Waals surface area contributed by atoms with Gasteiger partial charge >= 0.3 is 5.97 Å². The number of fused-ring (bicyclic) bond motifs is 1. The highest BCUT2D eigenvalue weighted by Crippen LogP contribution is 2.21. The zero-order chi connectivity index (χ0) is 20.8. The molecule has 1 amide bonds. The van der Waals surface area contributed by atoms with Crippen molar-refractivity contribution in [1.82, 2.24) is 15.5 Å². The predicted molar refractivity (Wildman–Crippen MR) is 109 cm³/mol. The van der Waals surface area contributed by atoms with Gasteiger partial charge in [-0.3, -0.25) is 9.59 Å². The average Bonchev–Trinajstić information content (AvgIpc) is 2.72. The van der Waals surface area contributed by atoms with E-state index in [4.69, 9.17) is 4.74 Å². The second-order valence-corrected chi connectivity index (χ2v) is 7.18. The van der Waals surface area contributed by atoms with E-state index < -0.39 is 24.0 Å². The van der Waals surface area contributed by atoms with Crippen LogP contribution in [-0.4, -0.2) is 28.7 Å². The molecular weight excluding hydrogens is 370 g/mol. The Labute approximate surface area is 168 Å². The molecule has 150 valence electrons. The van der Waals surface area contributed by atoms with Crippen LogP contribution in [-0.2, 0) is 9.53 Å². The smallest absolute Gasteiger partial charge is 0.359 e. The lowest BCUT2D eigenvalue weighted by Gasteiger charge is -2.21. The van der Waals surface area contributed by atoms with Crippen molar-refractivity contribution < 1.29 is 14.3 Å². The van der Waals surface area contributed by atoms with Gasteiger partial charge in [0.15, 0.2) is 12.3 Å². The van der Waals surface area contributed by atoms with E-state index in [1.165, 1.54) is 0 Å². The van der Waals surface area contributed by atoms with E-state index >= 15 is 0 Å². The maximum Gasteiger partial charge on any atom is 0.359 e. The number of hydrogen-bond donors (Lipinski definition) is 2. The molecule has 1 atom stereocenters. The van der Waals surface area contributed by atoms with Gasteiger partial charge in [0.05, 0.1) is 11.4 Å². The van der Waals surface area contributed by atoms with Crippen LogP contribution in [0.1, 0.15) is 42.4 Å². The first-order valence-electron chi connectivity index (χ1n) is 9.44. The second-order valence-electron chi connectivity index (χ2n) is 7.18. The van der Waals surface area contributed by atoms with Crippen molar-refractivity contribution in [3.05, 3.63) is 76.2 Å². The number of aromatic amines is 1. The number of carbonyl (C=O) groups excluding carboxylic acids is 2. The van der Waals surface area contributed by atoms with Crippen LogP contribution in [0.25, 0.3) is 10.8 Å². The zero-order valence-electron chi connectivity index (χ0n) is 16.3. The minimum atomic E-state index is -0.771. The van der Waals surface area contributed by atoms with Gasteiger partial charge in [0.1, 0.15) is 0 Å². The summed E-state index contributed by atoms with van der Waals surface area (Å²) < 4.78 is 5.14. The van der Waals surface area contributed by atoms with Gasteiger partial charge in [-0.25, -0.2) is 9.89 Å². The van der Waals surface area contributed by atoms with Crippen LogP contribution in [0, 0.1) is 5.92 Å². The summed E-state index contributed by atoms with van der Waals surface area (Å²) in [5.41, 5.74) is 0.568.